The van der Waals surface area contributed by atoms with Gasteiger partial charge in [-0.25, -0.2) is 4.79 Å². The Kier molecular flexibility index (Phi) is 8.35. The monoisotopic (exact) mass is 412 g/mol. The minimum atomic E-state index is -0.232. The van der Waals surface area contributed by atoms with Gasteiger partial charge < -0.3 is 25.0 Å². The average Bonchev–Trinajstić information content (AvgIpc) is 2.78. The minimum Gasteiger partial charge on any atom is -0.492 e. The standard InChI is InChI=1S/C23H32N4O3/c1-3-26(2)21-8-5-7-20(17-21)25-23(28)24-18-19-6-4-9-22(16-19)30-15-12-27-10-13-29-14-11-27/h4-9,16-17H,3,10-15,18H2,1-2H3,(H2,24,25,28). The van der Waals surface area contributed by atoms with Gasteiger partial charge in [-0.05, 0) is 42.8 Å². The van der Waals surface area contributed by atoms with Gasteiger partial charge >= 0.3 is 6.03 Å². The van der Waals surface area contributed by atoms with Crippen LogP contribution in [-0.2, 0) is 11.3 Å². The average molecular weight is 413 g/mol. The van der Waals surface area contributed by atoms with Crippen LogP contribution in [0.25, 0.3) is 0 Å². The molecule has 0 bridgehead atoms. The molecule has 0 atom stereocenters. The fourth-order valence-electron chi connectivity index (χ4n) is 3.22. The van der Waals surface area contributed by atoms with Crippen molar-refractivity contribution in [3.05, 3.63) is 54.1 Å². The number of morpholine rings is 1. The minimum absolute atomic E-state index is 0.232. The number of carbonyl (C=O) groups excluding carboxylic acids is 1. The second kappa shape index (κ2) is 11.4. The van der Waals surface area contributed by atoms with Crippen LogP contribution in [0.4, 0.5) is 16.2 Å². The molecule has 30 heavy (non-hydrogen) atoms. The van der Waals surface area contributed by atoms with E-state index < -0.39 is 0 Å². The highest BCUT2D eigenvalue weighted by Crippen LogP contribution is 2.18. The summed E-state index contributed by atoms with van der Waals surface area (Å²) in [6.07, 6.45) is 0. The molecule has 1 fully saturated rings. The highest BCUT2D eigenvalue weighted by atomic mass is 16.5. The summed E-state index contributed by atoms with van der Waals surface area (Å²) in [6, 6.07) is 15.4. The van der Waals surface area contributed by atoms with E-state index in [0.717, 1.165) is 62.1 Å². The van der Waals surface area contributed by atoms with Crippen molar-refractivity contribution >= 4 is 17.4 Å². The fourth-order valence-corrected chi connectivity index (χ4v) is 3.22. The first kappa shape index (κ1) is 21.9. The van der Waals surface area contributed by atoms with Crippen LogP contribution < -0.4 is 20.3 Å². The Labute approximate surface area is 179 Å². The molecule has 0 spiro atoms. The van der Waals surface area contributed by atoms with Crippen molar-refractivity contribution in [3.63, 3.8) is 0 Å². The largest absolute Gasteiger partial charge is 0.492 e. The first-order valence-electron chi connectivity index (χ1n) is 10.5. The summed E-state index contributed by atoms with van der Waals surface area (Å²) in [7, 11) is 2.02. The number of urea groups is 1. The first-order chi connectivity index (χ1) is 14.6. The molecule has 1 saturated heterocycles. The smallest absolute Gasteiger partial charge is 0.319 e. The Morgan fingerprint density at radius 1 is 1.17 bits per heavy atom. The molecule has 7 nitrogen and oxygen atoms in total. The molecule has 1 aliphatic heterocycles. The second-order valence-corrected chi connectivity index (χ2v) is 7.32. The van der Waals surface area contributed by atoms with Crippen LogP contribution >= 0.6 is 0 Å². The second-order valence-electron chi connectivity index (χ2n) is 7.32. The van der Waals surface area contributed by atoms with E-state index in [9.17, 15) is 4.79 Å². The van der Waals surface area contributed by atoms with E-state index in [2.05, 4.69) is 27.4 Å². The lowest BCUT2D eigenvalue weighted by molar-refractivity contribution is 0.0322. The Hall–Kier alpha value is -2.77. The zero-order chi connectivity index (χ0) is 21.2. The van der Waals surface area contributed by atoms with Crippen LogP contribution in [0, 0.1) is 0 Å². The summed E-state index contributed by atoms with van der Waals surface area (Å²) in [6.45, 7) is 8.46. The molecule has 2 N–H and O–H groups in total. The number of rotatable bonds is 9. The third kappa shape index (κ3) is 6.93. The van der Waals surface area contributed by atoms with Gasteiger partial charge in [0.1, 0.15) is 12.4 Å². The molecular formula is C23H32N4O3. The number of nitrogens with zero attached hydrogens (tertiary/aromatic N) is 2. The maximum absolute atomic E-state index is 12.3. The molecule has 2 aromatic rings. The third-order valence-corrected chi connectivity index (χ3v) is 5.15. The summed E-state index contributed by atoms with van der Waals surface area (Å²) >= 11 is 0. The van der Waals surface area contributed by atoms with E-state index in [1.807, 2.05) is 55.6 Å². The number of hydrogen-bond acceptors (Lipinski definition) is 5. The van der Waals surface area contributed by atoms with Gasteiger partial charge in [-0.1, -0.05) is 18.2 Å². The number of benzene rings is 2. The SMILES string of the molecule is CCN(C)c1cccc(NC(=O)NCc2cccc(OCCN3CCOCC3)c2)c1. The zero-order valence-electron chi connectivity index (χ0n) is 17.9. The topological polar surface area (TPSA) is 66.1 Å². The molecule has 2 aromatic carbocycles. The molecule has 0 aliphatic carbocycles. The van der Waals surface area contributed by atoms with Crippen LogP contribution in [0.3, 0.4) is 0 Å². The molecular weight excluding hydrogens is 380 g/mol. The predicted octanol–water partition coefficient (Wildman–Crippen LogP) is 3.18. The number of anilines is 2. The molecule has 3 rings (SSSR count). The Balaban J connectivity index is 1.44. The summed E-state index contributed by atoms with van der Waals surface area (Å²) in [5, 5.41) is 5.80. The van der Waals surface area contributed by atoms with Crippen molar-refractivity contribution in [2.45, 2.75) is 13.5 Å². The summed E-state index contributed by atoms with van der Waals surface area (Å²) < 4.78 is 11.2. The van der Waals surface area contributed by atoms with Crippen molar-refractivity contribution in [3.8, 4) is 5.75 Å². The van der Waals surface area contributed by atoms with Gasteiger partial charge in [-0.15, -0.1) is 0 Å². The quantitative estimate of drug-likeness (QED) is 0.662. The lowest BCUT2D eigenvalue weighted by Gasteiger charge is -2.26. The summed E-state index contributed by atoms with van der Waals surface area (Å²) in [5.74, 6) is 0.818. The number of hydrogen-bond donors (Lipinski definition) is 2. The maximum atomic E-state index is 12.3. The van der Waals surface area contributed by atoms with Crippen molar-refractivity contribution in [2.75, 3.05) is 63.3 Å². The highest BCUT2D eigenvalue weighted by Gasteiger charge is 2.10. The highest BCUT2D eigenvalue weighted by molar-refractivity contribution is 5.89. The lowest BCUT2D eigenvalue weighted by atomic mass is 10.2. The van der Waals surface area contributed by atoms with E-state index in [1.54, 1.807) is 0 Å². The molecule has 7 heteroatoms. The van der Waals surface area contributed by atoms with Gasteiger partial charge in [0, 0.05) is 51.1 Å². The molecule has 162 valence electrons. The Morgan fingerprint density at radius 3 is 2.77 bits per heavy atom. The summed E-state index contributed by atoms with van der Waals surface area (Å²) in [4.78, 5) is 16.7. The van der Waals surface area contributed by atoms with Gasteiger partial charge in [-0.3, -0.25) is 4.90 Å². The fraction of sp³-hybridized carbons (Fsp3) is 0.435. The predicted molar refractivity (Wildman–Crippen MR) is 120 cm³/mol. The number of amides is 2. The molecule has 2 amide bonds. The molecule has 0 unspecified atom stereocenters. The summed E-state index contributed by atoms with van der Waals surface area (Å²) in [5.41, 5.74) is 2.83. The van der Waals surface area contributed by atoms with Crippen molar-refractivity contribution in [2.24, 2.45) is 0 Å². The van der Waals surface area contributed by atoms with E-state index in [-0.39, 0.29) is 6.03 Å². The van der Waals surface area contributed by atoms with Crippen LogP contribution in [-0.4, -0.2) is 64.0 Å². The normalized spacial score (nSPS) is 14.2. The van der Waals surface area contributed by atoms with E-state index in [1.165, 1.54) is 0 Å². The Bertz CT molecular complexity index is 809. The van der Waals surface area contributed by atoms with Crippen molar-refractivity contribution in [1.29, 1.82) is 0 Å². The van der Waals surface area contributed by atoms with Crippen LogP contribution in [0.15, 0.2) is 48.5 Å². The number of ether oxygens (including phenoxy) is 2. The third-order valence-electron chi connectivity index (χ3n) is 5.15. The molecule has 1 aliphatic rings. The maximum Gasteiger partial charge on any atom is 0.319 e. The van der Waals surface area contributed by atoms with Crippen LogP contribution in [0.1, 0.15) is 12.5 Å². The Morgan fingerprint density at radius 2 is 1.97 bits per heavy atom. The van der Waals surface area contributed by atoms with Gasteiger partial charge in [-0.2, -0.15) is 0 Å². The number of carbonyl (C=O) groups is 1. The van der Waals surface area contributed by atoms with Crippen LogP contribution in [0.2, 0.25) is 0 Å². The van der Waals surface area contributed by atoms with E-state index in [4.69, 9.17) is 9.47 Å². The van der Waals surface area contributed by atoms with Gasteiger partial charge in [0.2, 0.25) is 0 Å². The van der Waals surface area contributed by atoms with Gasteiger partial charge in [0.05, 0.1) is 13.2 Å². The molecule has 0 saturated carbocycles. The molecule has 0 radical (unpaired) electrons. The van der Waals surface area contributed by atoms with Gasteiger partial charge in [0.15, 0.2) is 0 Å². The molecule has 1 heterocycles. The van der Waals surface area contributed by atoms with Crippen LogP contribution in [0.5, 0.6) is 5.75 Å². The van der Waals surface area contributed by atoms with Crippen molar-refractivity contribution in [1.82, 2.24) is 10.2 Å². The zero-order valence-corrected chi connectivity index (χ0v) is 17.9. The molecule has 0 aromatic heterocycles. The van der Waals surface area contributed by atoms with E-state index >= 15 is 0 Å². The first-order valence-corrected chi connectivity index (χ1v) is 10.5. The van der Waals surface area contributed by atoms with E-state index in [0.29, 0.717) is 13.2 Å². The van der Waals surface area contributed by atoms with Gasteiger partial charge in [0.25, 0.3) is 0 Å². The van der Waals surface area contributed by atoms with Crippen molar-refractivity contribution < 1.29 is 14.3 Å². The lowest BCUT2D eigenvalue weighted by Crippen LogP contribution is -2.38. The number of nitrogens with one attached hydrogen (secondary N) is 2.